The topological polar surface area (TPSA) is 83.7 Å². The third-order valence-corrected chi connectivity index (χ3v) is 5.88. The van der Waals surface area contributed by atoms with Crippen molar-refractivity contribution < 1.29 is 9.90 Å². The summed E-state index contributed by atoms with van der Waals surface area (Å²) < 4.78 is 2.39. The van der Waals surface area contributed by atoms with E-state index < -0.39 is 12.0 Å². The number of aliphatic hydroxyl groups is 1. The molecule has 2 N–H and O–H groups in total. The highest BCUT2D eigenvalue weighted by molar-refractivity contribution is 9.10. The molecule has 0 aliphatic heterocycles. The zero-order valence-electron chi connectivity index (χ0n) is 15.8. The smallest absolute Gasteiger partial charge is 0.267 e. The molecular weight excluding hydrogens is 434 g/mol. The van der Waals surface area contributed by atoms with Crippen molar-refractivity contribution in [1.29, 1.82) is 0 Å². The first-order chi connectivity index (χ1) is 14.0. The predicted molar refractivity (Wildman–Crippen MR) is 114 cm³/mol. The van der Waals surface area contributed by atoms with E-state index in [9.17, 15) is 14.7 Å². The molecule has 3 aromatic rings. The van der Waals surface area contributed by atoms with E-state index in [0.717, 1.165) is 40.5 Å². The number of aliphatic hydroxyl groups excluding tert-OH is 1. The van der Waals surface area contributed by atoms with Crippen LogP contribution in [0.5, 0.6) is 0 Å². The lowest BCUT2D eigenvalue weighted by molar-refractivity contribution is 0.0716. The highest BCUT2D eigenvalue weighted by atomic mass is 79.9. The van der Waals surface area contributed by atoms with E-state index in [2.05, 4.69) is 26.2 Å². The maximum absolute atomic E-state index is 13.0. The normalized spacial score (nSPS) is 19.2. The van der Waals surface area contributed by atoms with E-state index in [4.69, 9.17) is 0 Å². The first-order valence-electron chi connectivity index (χ1n) is 9.75. The highest BCUT2D eigenvalue weighted by Gasteiger charge is 2.26. The number of hydrogen-bond donors (Lipinski definition) is 2. The summed E-state index contributed by atoms with van der Waals surface area (Å²) in [5.74, 6) is -0.441. The summed E-state index contributed by atoms with van der Waals surface area (Å²) in [5, 5.41) is 13.0. The average Bonchev–Trinajstić information content (AvgIpc) is 2.73. The number of aromatic nitrogens is 2. The number of halogens is 1. The molecular formula is C22H22BrN3O3. The molecule has 0 bridgehead atoms. The lowest BCUT2D eigenvalue weighted by atomic mass is 9.92. The van der Waals surface area contributed by atoms with Crippen LogP contribution in [0, 0.1) is 0 Å². The summed E-state index contributed by atoms with van der Waals surface area (Å²) in [7, 11) is 0. The number of fused-ring (bicyclic) bond motifs is 1. The second kappa shape index (κ2) is 8.47. The van der Waals surface area contributed by atoms with Crippen LogP contribution < -0.4 is 10.9 Å². The van der Waals surface area contributed by atoms with Crippen LogP contribution in [0.1, 0.15) is 47.3 Å². The molecule has 150 valence electrons. The maximum Gasteiger partial charge on any atom is 0.267 e. The van der Waals surface area contributed by atoms with E-state index in [1.165, 1.54) is 4.40 Å². The van der Waals surface area contributed by atoms with Crippen molar-refractivity contribution in [1.82, 2.24) is 14.7 Å². The molecule has 3 heterocycles. The van der Waals surface area contributed by atoms with Crippen LogP contribution in [0.25, 0.3) is 5.52 Å². The van der Waals surface area contributed by atoms with Crippen LogP contribution in [-0.4, -0.2) is 32.5 Å². The largest absolute Gasteiger partial charge is 0.391 e. The van der Waals surface area contributed by atoms with Gasteiger partial charge in [0.2, 0.25) is 0 Å². The Labute approximate surface area is 176 Å². The molecule has 1 aliphatic rings. The summed E-state index contributed by atoms with van der Waals surface area (Å²) in [6.45, 7) is 0. The van der Waals surface area contributed by atoms with Crippen molar-refractivity contribution >= 4 is 27.4 Å². The Morgan fingerprint density at radius 2 is 2.07 bits per heavy atom. The quantitative estimate of drug-likeness (QED) is 0.632. The number of carbonyl (C=O) groups is 1. The zero-order valence-corrected chi connectivity index (χ0v) is 17.4. The van der Waals surface area contributed by atoms with Crippen LogP contribution >= 0.6 is 15.9 Å². The van der Waals surface area contributed by atoms with Gasteiger partial charge in [0.1, 0.15) is 5.56 Å². The molecule has 29 heavy (non-hydrogen) atoms. The lowest BCUT2D eigenvalue weighted by Crippen LogP contribution is -2.46. The molecule has 3 aromatic heterocycles. The second-order valence-electron chi connectivity index (χ2n) is 7.42. The summed E-state index contributed by atoms with van der Waals surface area (Å²) in [4.78, 5) is 30.3. The fourth-order valence-electron chi connectivity index (χ4n) is 3.86. The van der Waals surface area contributed by atoms with Crippen molar-refractivity contribution in [3.63, 3.8) is 0 Å². The van der Waals surface area contributed by atoms with E-state index in [0.29, 0.717) is 12.8 Å². The van der Waals surface area contributed by atoms with Crippen molar-refractivity contribution in [2.24, 2.45) is 0 Å². The number of carbonyl (C=O) groups excluding carboxylic acids is 1. The highest BCUT2D eigenvalue weighted by Crippen LogP contribution is 2.20. The standard InChI is InChI=1S/C22H22BrN3O3/c23-15-8-9-16(24-13-15)11-14-12-17(22(29)26-10-4-3-6-19(14)26)21(28)25-18-5-1-2-7-20(18)27/h3-4,6,8-10,12-13,18,20,27H,1-2,5,7,11H2,(H,25,28). The van der Waals surface area contributed by atoms with Crippen molar-refractivity contribution in [2.45, 2.75) is 44.2 Å². The maximum atomic E-state index is 13.0. The van der Waals surface area contributed by atoms with E-state index in [1.54, 1.807) is 24.5 Å². The first kappa shape index (κ1) is 19.8. The minimum atomic E-state index is -0.567. The Balaban J connectivity index is 1.72. The SMILES string of the molecule is O=C(NC1CCCCC1O)c1cc(Cc2ccc(Br)cn2)c2ccccn2c1=O. The Morgan fingerprint density at radius 3 is 2.83 bits per heavy atom. The molecule has 1 fully saturated rings. The molecule has 0 radical (unpaired) electrons. The average molecular weight is 456 g/mol. The molecule has 0 saturated heterocycles. The predicted octanol–water partition coefficient (Wildman–Crippen LogP) is 3.08. The number of pyridine rings is 3. The first-order valence-corrected chi connectivity index (χ1v) is 10.5. The third-order valence-electron chi connectivity index (χ3n) is 5.41. The van der Waals surface area contributed by atoms with Crippen LogP contribution in [0.2, 0.25) is 0 Å². The van der Waals surface area contributed by atoms with Gasteiger partial charge in [-0.2, -0.15) is 0 Å². The zero-order chi connectivity index (χ0) is 20.4. The minimum absolute atomic E-state index is 0.0820. The van der Waals surface area contributed by atoms with Gasteiger partial charge < -0.3 is 10.4 Å². The lowest BCUT2D eigenvalue weighted by Gasteiger charge is -2.28. The number of amides is 1. The molecule has 4 rings (SSSR count). The van der Waals surface area contributed by atoms with E-state index in [-0.39, 0.29) is 17.2 Å². The Bertz CT molecular complexity index is 1090. The summed E-state index contributed by atoms with van der Waals surface area (Å²) in [5.41, 5.74) is 2.15. The minimum Gasteiger partial charge on any atom is -0.391 e. The van der Waals surface area contributed by atoms with Crippen LogP contribution in [0.3, 0.4) is 0 Å². The van der Waals surface area contributed by atoms with Gasteiger partial charge in [-0.25, -0.2) is 0 Å². The van der Waals surface area contributed by atoms with Gasteiger partial charge in [-0.05, 0) is 64.7 Å². The molecule has 0 aromatic carbocycles. The summed E-state index contributed by atoms with van der Waals surface area (Å²) in [6.07, 6.45) is 6.62. The third kappa shape index (κ3) is 4.26. The Morgan fingerprint density at radius 1 is 1.24 bits per heavy atom. The van der Waals surface area contributed by atoms with Gasteiger partial charge in [-0.15, -0.1) is 0 Å². The van der Waals surface area contributed by atoms with Gasteiger partial charge >= 0.3 is 0 Å². The van der Waals surface area contributed by atoms with Gasteiger partial charge in [-0.1, -0.05) is 18.9 Å². The van der Waals surface area contributed by atoms with Crippen molar-refractivity contribution in [3.8, 4) is 0 Å². The van der Waals surface area contributed by atoms with Crippen LogP contribution in [0.4, 0.5) is 0 Å². The molecule has 2 atom stereocenters. The Hall–Kier alpha value is -2.51. The monoisotopic (exact) mass is 455 g/mol. The summed E-state index contributed by atoms with van der Waals surface area (Å²) in [6, 6.07) is 10.7. The molecule has 1 aliphatic carbocycles. The summed E-state index contributed by atoms with van der Waals surface area (Å²) >= 11 is 3.38. The molecule has 1 saturated carbocycles. The van der Waals surface area contributed by atoms with E-state index >= 15 is 0 Å². The van der Waals surface area contributed by atoms with Crippen LogP contribution in [-0.2, 0) is 6.42 Å². The van der Waals surface area contributed by atoms with Gasteiger partial charge in [0.05, 0.1) is 17.7 Å². The van der Waals surface area contributed by atoms with Gasteiger partial charge in [-0.3, -0.25) is 19.0 Å². The second-order valence-corrected chi connectivity index (χ2v) is 8.34. The number of hydrogen-bond acceptors (Lipinski definition) is 4. The molecule has 1 amide bonds. The van der Waals surface area contributed by atoms with Crippen LogP contribution in [0.15, 0.2) is 58.1 Å². The molecule has 2 unspecified atom stereocenters. The van der Waals surface area contributed by atoms with E-state index in [1.807, 2.05) is 24.3 Å². The molecule has 0 spiro atoms. The number of nitrogens with zero attached hydrogens (tertiary/aromatic N) is 2. The number of rotatable bonds is 4. The van der Waals surface area contributed by atoms with Gasteiger partial charge in [0.15, 0.2) is 0 Å². The Kier molecular flexibility index (Phi) is 5.78. The fourth-order valence-corrected chi connectivity index (χ4v) is 4.09. The number of nitrogens with one attached hydrogen (secondary N) is 1. The molecule has 7 heteroatoms. The van der Waals surface area contributed by atoms with Gasteiger partial charge in [0.25, 0.3) is 11.5 Å². The van der Waals surface area contributed by atoms with Crippen molar-refractivity contribution in [3.05, 3.63) is 80.4 Å². The molecule has 6 nitrogen and oxygen atoms in total. The van der Waals surface area contributed by atoms with Crippen molar-refractivity contribution in [2.75, 3.05) is 0 Å². The van der Waals surface area contributed by atoms with Gasteiger partial charge in [0, 0.05) is 29.0 Å². The fraction of sp³-hybridized carbons (Fsp3) is 0.318.